The van der Waals surface area contributed by atoms with E-state index in [1.807, 2.05) is 36.3 Å². The fourth-order valence-corrected chi connectivity index (χ4v) is 5.26. The molecule has 0 aromatic heterocycles. The van der Waals surface area contributed by atoms with Gasteiger partial charge in [0.05, 0.1) is 10.9 Å². The maximum Gasteiger partial charge on any atom is 0.147 e. The monoisotopic (exact) mass is 469 g/mol. The first kappa shape index (κ1) is 24.6. The van der Waals surface area contributed by atoms with Gasteiger partial charge in [0.15, 0.2) is 0 Å². The van der Waals surface area contributed by atoms with Crippen LogP contribution in [0.1, 0.15) is 71.6 Å². The molecule has 3 aromatic carbocycles. The summed E-state index contributed by atoms with van der Waals surface area (Å²) < 4.78 is 0. The summed E-state index contributed by atoms with van der Waals surface area (Å²) in [6.45, 7) is 15.5. The second-order valence-corrected chi connectivity index (χ2v) is 11.8. The molecule has 2 N–H and O–H groups in total. The Hall–Kier alpha value is -3.56. The van der Waals surface area contributed by atoms with Crippen molar-refractivity contribution >= 4 is 17.3 Å². The molecule has 0 unspecified atom stereocenters. The topological polar surface area (TPSA) is 64.9 Å². The lowest BCUT2D eigenvalue weighted by Crippen LogP contribution is -2.28. The van der Waals surface area contributed by atoms with Gasteiger partial charge in [-0.2, -0.15) is 5.12 Å². The molecule has 5 nitrogen and oxygen atoms in total. The molecule has 0 radical (unpaired) electrons. The van der Waals surface area contributed by atoms with E-state index in [0.29, 0.717) is 22.0 Å². The van der Waals surface area contributed by atoms with Gasteiger partial charge in [-0.05, 0) is 46.6 Å². The van der Waals surface area contributed by atoms with Crippen LogP contribution in [0, 0.1) is 5.41 Å². The van der Waals surface area contributed by atoms with Gasteiger partial charge in [-0.25, -0.2) is 4.79 Å². The number of rotatable bonds is 5. The quantitative estimate of drug-likeness (QED) is 0.531. The second kappa shape index (κ2) is 8.58. The zero-order chi connectivity index (χ0) is 25.6. The fraction of sp³-hybridized carbons (Fsp3) is 0.367. The third-order valence-electron chi connectivity index (χ3n) is 6.81. The Balaban J connectivity index is 1.95. The normalized spacial score (nSPS) is 13.6. The Morgan fingerprint density at radius 3 is 2.23 bits per heavy atom. The zero-order valence-electron chi connectivity index (χ0n) is 21.7. The van der Waals surface area contributed by atoms with Crippen LogP contribution in [0.2, 0.25) is 0 Å². The number of fused-ring (bicyclic) bond motifs is 1. The van der Waals surface area contributed by atoms with Crippen molar-refractivity contribution in [3.8, 4) is 5.75 Å². The van der Waals surface area contributed by atoms with Crippen LogP contribution in [-0.4, -0.2) is 11.0 Å². The van der Waals surface area contributed by atoms with Crippen LogP contribution in [0.25, 0.3) is 0 Å². The predicted octanol–water partition coefficient (Wildman–Crippen LogP) is 5.32. The lowest BCUT2D eigenvalue weighted by molar-refractivity contribution is 0.283. The Kier molecular flexibility index (Phi) is 6.02. The van der Waals surface area contributed by atoms with E-state index >= 15 is 0 Å². The van der Waals surface area contributed by atoms with E-state index in [4.69, 9.17) is 0 Å². The van der Waals surface area contributed by atoms with Gasteiger partial charge in [-0.3, -0.25) is 5.43 Å². The molecule has 1 aliphatic heterocycles. The molecular formula is C30H35N3O2. The second-order valence-electron chi connectivity index (χ2n) is 11.8. The van der Waals surface area contributed by atoms with Crippen molar-refractivity contribution in [2.75, 3.05) is 10.5 Å². The van der Waals surface area contributed by atoms with Gasteiger partial charge in [-0.15, -0.1) is 5.10 Å². The van der Waals surface area contributed by atoms with Crippen molar-refractivity contribution in [3.63, 3.8) is 0 Å². The molecule has 4 rings (SSSR count). The predicted molar refractivity (Wildman–Crippen MR) is 142 cm³/mol. The smallest absolute Gasteiger partial charge is 0.147 e. The summed E-state index contributed by atoms with van der Waals surface area (Å²) in [6, 6.07) is 19.7. The van der Waals surface area contributed by atoms with Gasteiger partial charge in [0.1, 0.15) is 22.7 Å². The molecule has 0 atom stereocenters. The highest BCUT2D eigenvalue weighted by Gasteiger charge is 2.34. The third kappa shape index (κ3) is 4.69. The van der Waals surface area contributed by atoms with E-state index in [1.54, 1.807) is 17.3 Å². The van der Waals surface area contributed by atoms with E-state index in [0.717, 1.165) is 23.1 Å². The van der Waals surface area contributed by atoms with Gasteiger partial charge < -0.3 is 5.11 Å². The van der Waals surface area contributed by atoms with Gasteiger partial charge in [0.2, 0.25) is 0 Å². The number of aromatic hydroxyl groups is 1. The number of phenols is 1. The molecular weight excluding hydrogens is 434 g/mol. The highest BCUT2D eigenvalue weighted by Crippen LogP contribution is 2.46. The molecule has 0 saturated heterocycles. The Labute approximate surface area is 207 Å². The number of hydrogen-bond donors (Lipinski definition) is 2. The average molecular weight is 470 g/mol. The fourth-order valence-electron chi connectivity index (χ4n) is 5.26. The molecule has 0 spiro atoms. The maximum atomic E-state index is 11.7. The molecule has 0 bridgehead atoms. The highest BCUT2D eigenvalue weighted by molar-refractivity contribution is 5.70. The summed E-state index contributed by atoms with van der Waals surface area (Å²) in [4.78, 5) is 11.5. The largest absolute Gasteiger partial charge is 0.505 e. The lowest BCUT2D eigenvalue weighted by Gasteiger charge is -2.36. The van der Waals surface area contributed by atoms with E-state index in [2.05, 4.69) is 77.2 Å². The number of phenolic OH excluding ortho intramolecular Hbond substituents is 1. The SMILES string of the molecule is CC(C)(C)CC(C)(C)c1cc(N2N=c3c(cccc3=C=O)N2)c(O)c(C(C)(C)c2ccccc2)c1. The van der Waals surface area contributed by atoms with Crippen LogP contribution < -0.4 is 21.1 Å². The average Bonchev–Trinajstić information content (AvgIpc) is 3.22. The van der Waals surface area contributed by atoms with Crippen LogP contribution in [0.15, 0.2) is 65.8 Å². The standard InChI is InChI=1S/C30H35N3O2/c1-28(2,3)19-29(4,5)22-16-23(30(6,7)21-13-9-8-10-14-21)27(35)25(17-22)33-31-24-15-11-12-20(18-34)26(24)32-33/h8-17,31,35H,19H2,1-7H3. The number of nitrogens with zero attached hydrogens (tertiary/aromatic N) is 2. The first-order valence-corrected chi connectivity index (χ1v) is 12.1. The number of carbonyl (C=O) groups excluding carboxylic acids is 1. The molecule has 3 aromatic rings. The maximum absolute atomic E-state index is 11.7. The van der Waals surface area contributed by atoms with E-state index in [1.165, 1.54) is 0 Å². The summed E-state index contributed by atoms with van der Waals surface area (Å²) in [5.74, 6) is 2.12. The van der Waals surface area contributed by atoms with Gasteiger partial charge >= 0.3 is 0 Å². The first-order valence-electron chi connectivity index (χ1n) is 12.1. The van der Waals surface area contributed by atoms with Gasteiger partial charge in [0.25, 0.3) is 0 Å². The summed E-state index contributed by atoms with van der Waals surface area (Å²) in [6.07, 6.45) is 0.963. The van der Waals surface area contributed by atoms with Crippen LogP contribution in [0.5, 0.6) is 5.75 Å². The molecule has 0 saturated carbocycles. The molecule has 182 valence electrons. The Morgan fingerprint density at radius 1 is 0.914 bits per heavy atom. The number of nitrogens with one attached hydrogen (secondary N) is 1. The number of hydrazine groups is 1. The molecule has 0 amide bonds. The summed E-state index contributed by atoms with van der Waals surface area (Å²) in [5.41, 5.74) is 7.06. The third-order valence-corrected chi connectivity index (χ3v) is 6.81. The molecule has 35 heavy (non-hydrogen) atoms. The van der Waals surface area contributed by atoms with Crippen molar-refractivity contribution in [2.45, 2.75) is 65.7 Å². The minimum Gasteiger partial charge on any atom is -0.505 e. The number of benzene rings is 3. The van der Waals surface area contributed by atoms with Crippen molar-refractivity contribution in [1.29, 1.82) is 0 Å². The van der Waals surface area contributed by atoms with E-state index in [-0.39, 0.29) is 16.6 Å². The summed E-state index contributed by atoms with van der Waals surface area (Å²) >= 11 is 0. The van der Waals surface area contributed by atoms with Crippen LogP contribution in [0.4, 0.5) is 11.4 Å². The van der Waals surface area contributed by atoms with E-state index < -0.39 is 5.41 Å². The molecule has 0 aliphatic carbocycles. The van der Waals surface area contributed by atoms with Crippen molar-refractivity contribution < 1.29 is 9.90 Å². The number of anilines is 2. The summed E-state index contributed by atoms with van der Waals surface area (Å²) in [5, 5.41) is 18.8. The van der Waals surface area contributed by atoms with E-state index in [9.17, 15) is 9.90 Å². The molecule has 1 heterocycles. The van der Waals surface area contributed by atoms with Crippen molar-refractivity contribution in [1.82, 2.24) is 0 Å². The minimum absolute atomic E-state index is 0.123. The molecule has 5 heteroatoms. The van der Waals surface area contributed by atoms with Crippen LogP contribution >= 0.6 is 0 Å². The summed E-state index contributed by atoms with van der Waals surface area (Å²) in [7, 11) is 0. The van der Waals surface area contributed by atoms with Crippen molar-refractivity contribution in [2.24, 2.45) is 10.5 Å². The van der Waals surface area contributed by atoms with Gasteiger partial charge in [0, 0.05) is 11.0 Å². The Morgan fingerprint density at radius 2 is 1.60 bits per heavy atom. The van der Waals surface area contributed by atoms with Crippen LogP contribution in [-0.2, 0) is 15.6 Å². The molecule has 0 fully saturated rings. The molecule has 1 aliphatic rings. The highest BCUT2D eigenvalue weighted by atomic mass is 16.3. The van der Waals surface area contributed by atoms with Gasteiger partial charge in [-0.1, -0.05) is 90.9 Å². The minimum atomic E-state index is -0.456. The van der Waals surface area contributed by atoms with Crippen LogP contribution in [0.3, 0.4) is 0 Å². The van der Waals surface area contributed by atoms with Crippen molar-refractivity contribution in [3.05, 3.63) is 87.9 Å². The number of hydrogen-bond acceptors (Lipinski definition) is 5. The zero-order valence-corrected chi connectivity index (χ0v) is 21.7. The first-order chi connectivity index (χ1) is 16.3. The lowest BCUT2D eigenvalue weighted by atomic mass is 9.70. The Bertz CT molecular complexity index is 1400.